The number of nitrogens with one attached hydrogen (secondary N) is 1. The molecule has 7 nitrogen and oxygen atoms in total. The molecular formula is C17H19Cl2N3O4S. The van der Waals surface area contributed by atoms with Crippen molar-refractivity contribution in [2.24, 2.45) is 5.73 Å². The summed E-state index contributed by atoms with van der Waals surface area (Å²) >= 11 is 13.3. The highest BCUT2D eigenvalue weighted by Gasteiger charge is 2.70. The highest BCUT2D eigenvalue weighted by atomic mass is 35.5. The monoisotopic (exact) mass is 431 g/mol. The van der Waals surface area contributed by atoms with Gasteiger partial charge in [-0.15, -0.1) is 11.8 Å². The van der Waals surface area contributed by atoms with E-state index in [1.54, 1.807) is 32.9 Å². The number of carbonyl (C=O) groups is 3. The Morgan fingerprint density at radius 3 is 2.52 bits per heavy atom. The molecule has 2 aliphatic rings. The van der Waals surface area contributed by atoms with Gasteiger partial charge in [-0.2, -0.15) is 0 Å². The van der Waals surface area contributed by atoms with Crippen LogP contribution in [0.25, 0.3) is 0 Å². The van der Waals surface area contributed by atoms with Gasteiger partial charge >= 0.3 is 5.97 Å². The van der Waals surface area contributed by atoms with E-state index in [-0.39, 0.29) is 5.02 Å². The second-order valence-corrected chi connectivity index (χ2v) is 9.94. The summed E-state index contributed by atoms with van der Waals surface area (Å²) in [4.78, 5) is 38.3. The largest absolute Gasteiger partial charge is 0.480 e. The first kappa shape index (κ1) is 20.3. The quantitative estimate of drug-likeness (QED) is 0.628. The third-order valence-corrected chi connectivity index (χ3v) is 7.29. The van der Waals surface area contributed by atoms with Crippen molar-refractivity contribution in [1.82, 2.24) is 10.2 Å². The maximum atomic E-state index is 12.7. The lowest BCUT2D eigenvalue weighted by Crippen LogP contribution is -2.78. The number of hydrogen-bond acceptors (Lipinski definition) is 5. The minimum absolute atomic E-state index is 0.249. The molecule has 2 saturated heterocycles. The number of fused-ring (bicyclic) bond motifs is 1. The Kier molecular flexibility index (Phi) is 4.91. The second-order valence-electron chi connectivity index (χ2n) is 7.36. The standard InChI is InChI=1S/C17H19Cl2N3O4S/c1-16(2)11(13(24)25)22-14(26)17(3,15(22)27-16)21-12(23)10(20)8-5-4-7(18)6-9(8)19/h4-6,10-11,15H,20H2,1-3H3,(H,21,23)(H,24,25)/t10?,11-,15+,17-/m0/s1. The molecule has 2 fully saturated rings. The summed E-state index contributed by atoms with van der Waals surface area (Å²) in [5.74, 6) is -2.09. The summed E-state index contributed by atoms with van der Waals surface area (Å²) in [6.45, 7) is 5.12. The summed E-state index contributed by atoms with van der Waals surface area (Å²) in [6, 6.07) is 2.56. The van der Waals surface area contributed by atoms with E-state index in [1.165, 1.54) is 22.7 Å². The van der Waals surface area contributed by atoms with Gasteiger partial charge in [-0.05, 0) is 38.5 Å². The van der Waals surface area contributed by atoms with Crippen LogP contribution in [0, 0.1) is 0 Å². The van der Waals surface area contributed by atoms with Crippen LogP contribution in [0.15, 0.2) is 18.2 Å². The molecule has 0 spiro atoms. The van der Waals surface area contributed by atoms with Crippen LogP contribution in [-0.4, -0.2) is 49.5 Å². The number of halogens is 2. The van der Waals surface area contributed by atoms with Crippen molar-refractivity contribution in [2.75, 3.05) is 0 Å². The van der Waals surface area contributed by atoms with E-state index in [0.717, 1.165) is 0 Å². The summed E-state index contributed by atoms with van der Waals surface area (Å²) < 4.78 is -0.684. The van der Waals surface area contributed by atoms with Gasteiger partial charge in [0.25, 0.3) is 5.91 Å². The maximum Gasteiger partial charge on any atom is 0.327 e. The molecule has 3 rings (SSSR count). The molecule has 0 saturated carbocycles. The number of aliphatic carboxylic acids is 1. The summed E-state index contributed by atoms with van der Waals surface area (Å²) in [7, 11) is 0. The minimum atomic E-state index is -1.24. The van der Waals surface area contributed by atoms with Crippen molar-refractivity contribution in [3.8, 4) is 0 Å². The summed E-state index contributed by atoms with van der Waals surface area (Å²) in [6.07, 6.45) is 0. The van der Waals surface area contributed by atoms with Crippen molar-refractivity contribution in [1.29, 1.82) is 0 Å². The van der Waals surface area contributed by atoms with Gasteiger partial charge < -0.3 is 21.1 Å². The van der Waals surface area contributed by atoms with Gasteiger partial charge in [-0.3, -0.25) is 9.59 Å². The fraction of sp³-hybridized carbons (Fsp3) is 0.471. The van der Waals surface area contributed by atoms with Gasteiger partial charge in [-0.1, -0.05) is 29.3 Å². The molecule has 0 aliphatic carbocycles. The smallest absolute Gasteiger partial charge is 0.327 e. The van der Waals surface area contributed by atoms with E-state index in [4.69, 9.17) is 28.9 Å². The molecule has 0 bridgehead atoms. The summed E-state index contributed by atoms with van der Waals surface area (Å²) in [5, 5.41) is 12.4. The van der Waals surface area contributed by atoms with Crippen LogP contribution >= 0.6 is 35.0 Å². The van der Waals surface area contributed by atoms with Gasteiger partial charge in [0.1, 0.15) is 23.0 Å². The Morgan fingerprint density at radius 1 is 1.33 bits per heavy atom. The van der Waals surface area contributed by atoms with E-state index >= 15 is 0 Å². The van der Waals surface area contributed by atoms with Crippen LogP contribution in [0.4, 0.5) is 0 Å². The van der Waals surface area contributed by atoms with Crippen LogP contribution in [0.5, 0.6) is 0 Å². The van der Waals surface area contributed by atoms with Gasteiger partial charge in [0.2, 0.25) is 5.91 Å². The molecule has 0 radical (unpaired) electrons. The van der Waals surface area contributed by atoms with Gasteiger partial charge in [0.05, 0.1) is 0 Å². The number of amides is 2. The van der Waals surface area contributed by atoms with Crippen molar-refractivity contribution in [2.45, 2.75) is 48.5 Å². The second kappa shape index (κ2) is 6.55. The predicted octanol–water partition coefficient (Wildman–Crippen LogP) is 2.01. The van der Waals surface area contributed by atoms with Crippen LogP contribution in [0.2, 0.25) is 10.0 Å². The Labute approximate surface area is 170 Å². The third-order valence-electron chi connectivity index (χ3n) is 4.97. The molecule has 0 aromatic heterocycles. The number of carboxylic acids is 1. The number of carbonyl (C=O) groups excluding carboxylic acids is 2. The number of thioether (sulfide) groups is 1. The minimum Gasteiger partial charge on any atom is -0.480 e. The zero-order valence-electron chi connectivity index (χ0n) is 14.8. The highest BCUT2D eigenvalue weighted by Crippen LogP contribution is 2.54. The number of hydrogen-bond donors (Lipinski definition) is 3. The predicted molar refractivity (Wildman–Crippen MR) is 104 cm³/mol. The van der Waals surface area contributed by atoms with Gasteiger partial charge in [-0.25, -0.2) is 4.79 Å². The van der Waals surface area contributed by atoms with Crippen molar-refractivity contribution < 1.29 is 19.5 Å². The average molecular weight is 432 g/mol. The molecule has 10 heteroatoms. The molecule has 4 atom stereocenters. The molecule has 1 aromatic carbocycles. The molecular weight excluding hydrogens is 413 g/mol. The lowest BCUT2D eigenvalue weighted by Gasteiger charge is -2.51. The molecule has 2 amide bonds. The zero-order valence-corrected chi connectivity index (χ0v) is 17.2. The number of nitrogens with two attached hydrogens (primary N) is 1. The SMILES string of the molecule is CC1(C)S[C@H]2N(C(=O)[C@]2(C)NC(=O)C(N)c2ccc(Cl)cc2Cl)[C@H]1C(=O)O. The molecule has 1 aromatic rings. The van der Waals surface area contributed by atoms with Crippen LogP contribution in [-0.2, 0) is 14.4 Å². The molecule has 1 unspecified atom stereocenters. The van der Waals surface area contributed by atoms with Crippen molar-refractivity contribution >= 4 is 52.7 Å². The van der Waals surface area contributed by atoms with Crippen molar-refractivity contribution in [3.63, 3.8) is 0 Å². The topological polar surface area (TPSA) is 113 Å². The maximum absolute atomic E-state index is 12.7. The normalized spacial score (nSPS) is 29.7. The zero-order chi connectivity index (χ0) is 20.3. The number of rotatable bonds is 4. The Bertz CT molecular complexity index is 849. The first-order chi connectivity index (χ1) is 12.4. The van der Waals surface area contributed by atoms with Crippen LogP contribution in [0.1, 0.15) is 32.4 Å². The number of benzene rings is 1. The van der Waals surface area contributed by atoms with E-state index in [9.17, 15) is 19.5 Å². The Balaban J connectivity index is 1.81. The first-order valence-electron chi connectivity index (χ1n) is 8.16. The highest BCUT2D eigenvalue weighted by molar-refractivity contribution is 8.01. The van der Waals surface area contributed by atoms with Crippen LogP contribution in [0.3, 0.4) is 0 Å². The van der Waals surface area contributed by atoms with E-state index < -0.39 is 45.5 Å². The molecule has 2 aliphatic heterocycles. The van der Waals surface area contributed by atoms with Crippen molar-refractivity contribution in [3.05, 3.63) is 33.8 Å². The van der Waals surface area contributed by atoms with E-state index in [0.29, 0.717) is 10.6 Å². The van der Waals surface area contributed by atoms with Gasteiger partial charge in [0, 0.05) is 14.8 Å². The lowest BCUT2D eigenvalue weighted by molar-refractivity contribution is -0.168. The molecule has 27 heavy (non-hydrogen) atoms. The molecule has 4 N–H and O–H groups in total. The fourth-order valence-corrected chi connectivity index (χ4v) is 5.74. The molecule has 146 valence electrons. The fourth-order valence-electron chi connectivity index (χ4n) is 3.57. The lowest BCUT2D eigenvalue weighted by atomic mass is 9.85. The van der Waals surface area contributed by atoms with Crippen LogP contribution < -0.4 is 11.1 Å². The average Bonchev–Trinajstić information content (AvgIpc) is 2.83. The van der Waals surface area contributed by atoms with E-state index in [2.05, 4.69) is 5.32 Å². The summed E-state index contributed by atoms with van der Waals surface area (Å²) in [5.41, 5.74) is 5.17. The van der Waals surface area contributed by atoms with Gasteiger partial charge in [0.15, 0.2) is 0 Å². The Morgan fingerprint density at radius 2 is 1.96 bits per heavy atom. The third kappa shape index (κ3) is 3.08. The number of nitrogens with zero attached hydrogens (tertiary/aromatic N) is 1. The number of carboxylic acid groups (broad SMARTS) is 1. The first-order valence-corrected chi connectivity index (χ1v) is 9.79. The molecule has 2 heterocycles. The Hall–Kier alpha value is -1.48. The number of β-lactam (4-membered cyclic amide) rings is 1. The van der Waals surface area contributed by atoms with E-state index in [1.807, 2.05) is 0 Å².